The third-order valence-electron chi connectivity index (χ3n) is 3.31. The molecule has 0 aliphatic carbocycles. The first kappa shape index (κ1) is 14.1. The molecule has 1 atom stereocenters. The van der Waals surface area contributed by atoms with Crippen LogP contribution >= 0.6 is 0 Å². The van der Waals surface area contributed by atoms with Gasteiger partial charge in [0.05, 0.1) is 5.52 Å². The first-order valence-corrected chi connectivity index (χ1v) is 6.95. The summed E-state index contributed by atoms with van der Waals surface area (Å²) in [6.07, 6.45) is 1.56. The van der Waals surface area contributed by atoms with Crippen molar-refractivity contribution in [3.63, 3.8) is 0 Å². The largest absolute Gasteiger partial charge is 0.420 e. The lowest BCUT2D eigenvalue weighted by atomic mass is 10.2. The molecule has 2 aromatic heterocycles. The Labute approximate surface area is 126 Å². The second kappa shape index (κ2) is 5.85. The molecule has 112 valence electrons. The Kier molecular flexibility index (Phi) is 3.74. The highest BCUT2D eigenvalue weighted by Gasteiger charge is 2.14. The average molecular weight is 297 g/mol. The van der Waals surface area contributed by atoms with Crippen LogP contribution in [0.1, 0.15) is 17.4 Å². The highest BCUT2D eigenvalue weighted by Crippen LogP contribution is 2.12. The summed E-state index contributed by atoms with van der Waals surface area (Å²) in [6, 6.07) is 12.1. The van der Waals surface area contributed by atoms with Crippen LogP contribution in [0.25, 0.3) is 11.1 Å². The normalized spacial score (nSPS) is 12.2. The fourth-order valence-corrected chi connectivity index (χ4v) is 2.30. The second-order valence-electron chi connectivity index (χ2n) is 5.04. The van der Waals surface area contributed by atoms with Crippen molar-refractivity contribution >= 4 is 17.0 Å². The fourth-order valence-electron chi connectivity index (χ4n) is 2.30. The number of para-hydroxylation sites is 2. The van der Waals surface area contributed by atoms with Crippen LogP contribution < -0.4 is 11.1 Å². The van der Waals surface area contributed by atoms with Crippen LogP contribution in [-0.4, -0.2) is 21.5 Å². The number of hydrogen-bond acceptors (Lipinski definition) is 4. The van der Waals surface area contributed by atoms with E-state index in [4.69, 9.17) is 4.42 Å². The number of nitrogens with one attached hydrogen (secondary N) is 1. The molecular formula is C16H15N3O3. The van der Waals surface area contributed by atoms with Crippen molar-refractivity contribution in [3.05, 3.63) is 64.9 Å². The Morgan fingerprint density at radius 3 is 2.82 bits per heavy atom. The van der Waals surface area contributed by atoms with Gasteiger partial charge in [-0.3, -0.25) is 14.3 Å². The van der Waals surface area contributed by atoms with Crippen molar-refractivity contribution in [3.8, 4) is 0 Å². The van der Waals surface area contributed by atoms with Crippen LogP contribution in [-0.2, 0) is 6.54 Å². The van der Waals surface area contributed by atoms with Crippen molar-refractivity contribution in [2.45, 2.75) is 19.5 Å². The van der Waals surface area contributed by atoms with E-state index in [1.165, 1.54) is 4.57 Å². The molecule has 0 aliphatic rings. The number of hydrogen-bond donors (Lipinski definition) is 1. The van der Waals surface area contributed by atoms with E-state index in [0.717, 1.165) is 0 Å². The van der Waals surface area contributed by atoms with E-state index in [2.05, 4.69) is 10.3 Å². The topological polar surface area (TPSA) is 77.1 Å². The van der Waals surface area contributed by atoms with E-state index in [0.29, 0.717) is 23.3 Å². The number of fused-ring (bicyclic) bond motifs is 1. The summed E-state index contributed by atoms with van der Waals surface area (Å²) >= 11 is 0. The minimum Gasteiger partial charge on any atom is -0.408 e. The van der Waals surface area contributed by atoms with Gasteiger partial charge in [0.2, 0.25) is 0 Å². The molecule has 2 heterocycles. The minimum atomic E-state index is -0.430. The molecule has 1 N–H and O–H groups in total. The molecule has 3 aromatic rings. The number of oxazole rings is 1. The van der Waals surface area contributed by atoms with Gasteiger partial charge in [0.25, 0.3) is 5.91 Å². The van der Waals surface area contributed by atoms with Crippen molar-refractivity contribution < 1.29 is 9.21 Å². The van der Waals surface area contributed by atoms with Crippen molar-refractivity contribution in [2.75, 3.05) is 0 Å². The maximum atomic E-state index is 12.0. The van der Waals surface area contributed by atoms with Crippen LogP contribution in [0, 0.1) is 0 Å². The molecule has 3 rings (SSSR count). The van der Waals surface area contributed by atoms with Gasteiger partial charge in [0.1, 0.15) is 5.69 Å². The number of carbonyl (C=O) groups is 1. The molecular weight excluding hydrogens is 282 g/mol. The zero-order valence-electron chi connectivity index (χ0n) is 12.0. The van der Waals surface area contributed by atoms with Crippen molar-refractivity contribution in [2.24, 2.45) is 0 Å². The lowest BCUT2D eigenvalue weighted by Crippen LogP contribution is -2.37. The third-order valence-corrected chi connectivity index (χ3v) is 3.31. The molecule has 6 heteroatoms. The fraction of sp³-hybridized carbons (Fsp3) is 0.188. The highest BCUT2D eigenvalue weighted by molar-refractivity contribution is 5.92. The molecule has 6 nitrogen and oxygen atoms in total. The van der Waals surface area contributed by atoms with Gasteiger partial charge in [-0.05, 0) is 31.2 Å². The van der Waals surface area contributed by atoms with Gasteiger partial charge in [-0.1, -0.05) is 18.2 Å². The van der Waals surface area contributed by atoms with E-state index >= 15 is 0 Å². The van der Waals surface area contributed by atoms with E-state index < -0.39 is 5.76 Å². The molecule has 0 spiro atoms. The Hall–Kier alpha value is -2.89. The Morgan fingerprint density at radius 1 is 1.27 bits per heavy atom. The maximum Gasteiger partial charge on any atom is 0.420 e. The summed E-state index contributed by atoms with van der Waals surface area (Å²) in [7, 11) is 0. The van der Waals surface area contributed by atoms with E-state index in [1.54, 1.807) is 30.5 Å². The summed E-state index contributed by atoms with van der Waals surface area (Å²) in [5.74, 6) is -0.700. The zero-order valence-corrected chi connectivity index (χ0v) is 12.0. The minimum absolute atomic E-state index is 0.242. The number of benzene rings is 1. The number of amides is 1. The quantitative estimate of drug-likeness (QED) is 0.796. The number of nitrogens with zero attached hydrogens (tertiary/aromatic N) is 2. The Balaban J connectivity index is 1.76. The summed E-state index contributed by atoms with van der Waals surface area (Å²) in [5.41, 5.74) is 1.60. The predicted octanol–water partition coefficient (Wildman–Crippen LogP) is 1.81. The van der Waals surface area contributed by atoms with Gasteiger partial charge >= 0.3 is 5.76 Å². The van der Waals surface area contributed by atoms with Gasteiger partial charge < -0.3 is 9.73 Å². The molecule has 0 aliphatic heterocycles. The SMILES string of the molecule is C[C@H](Cn1c(=O)oc2ccccc21)NC(=O)c1ccccn1. The first-order chi connectivity index (χ1) is 10.6. The van der Waals surface area contributed by atoms with E-state index in [1.807, 2.05) is 25.1 Å². The molecule has 0 radical (unpaired) electrons. The lowest BCUT2D eigenvalue weighted by Gasteiger charge is -2.13. The standard InChI is InChI=1S/C16H15N3O3/c1-11(18-15(20)12-6-4-5-9-17-12)10-19-13-7-2-3-8-14(13)22-16(19)21/h2-9,11H,10H2,1H3,(H,18,20)/t11-/m1/s1. The van der Waals surface area contributed by atoms with Crippen LogP contribution in [0.2, 0.25) is 0 Å². The Morgan fingerprint density at radius 2 is 2.05 bits per heavy atom. The zero-order chi connectivity index (χ0) is 15.5. The van der Waals surface area contributed by atoms with E-state index in [-0.39, 0.29) is 11.9 Å². The summed E-state index contributed by atoms with van der Waals surface area (Å²) in [6.45, 7) is 2.16. The molecule has 0 fully saturated rings. The second-order valence-corrected chi connectivity index (χ2v) is 5.04. The maximum absolute atomic E-state index is 12.0. The van der Waals surface area contributed by atoms with Crippen LogP contribution in [0.5, 0.6) is 0 Å². The molecule has 1 aromatic carbocycles. The molecule has 0 bridgehead atoms. The van der Waals surface area contributed by atoms with Crippen molar-refractivity contribution in [1.82, 2.24) is 14.9 Å². The van der Waals surface area contributed by atoms with Gasteiger partial charge in [-0.2, -0.15) is 0 Å². The van der Waals surface area contributed by atoms with Crippen LogP contribution in [0.4, 0.5) is 0 Å². The van der Waals surface area contributed by atoms with Gasteiger partial charge in [-0.25, -0.2) is 4.79 Å². The molecule has 1 amide bonds. The monoisotopic (exact) mass is 297 g/mol. The molecule has 22 heavy (non-hydrogen) atoms. The summed E-state index contributed by atoms with van der Waals surface area (Å²) < 4.78 is 6.68. The van der Waals surface area contributed by atoms with E-state index in [9.17, 15) is 9.59 Å². The number of rotatable bonds is 4. The molecule has 0 saturated carbocycles. The highest BCUT2D eigenvalue weighted by atomic mass is 16.4. The first-order valence-electron chi connectivity index (χ1n) is 6.95. The lowest BCUT2D eigenvalue weighted by molar-refractivity contribution is 0.0931. The number of pyridine rings is 1. The van der Waals surface area contributed by atoms with Crippen molar-refractivity contribution in [1.29, 1.82) is 0 Å². The van der Waals surface area contributed by atoms with Gasteiger partial charge in [0, 0.05) is 18.8 Å². The van der Waals surface area contributed by atoms with Crippen LogP contribution in [0.3, 0.4) is 0 Å². The predicted molar refractivity (Wildman–Crippen MR) is 81.6 cm³/mol. The number of aromatic nitrogens is 2. The summed E-state index contributed by atoms with van der Waals surface area (Å²) in [5, 5.41) is 2.82. The molecule has 0 saturated heterocycles. The average Bonchev–Trinajstić information content (AvgIpc) is 2.84. The smallest absolute Gasteiger partial charge is 0.408 e. The van der Waals surface area contributed by atoms with Gasteiger partial charge in [-0.15, -0.1) is 0 Å². The number of carbonyl (C=O) groups excluding carboxylic acids is 1. The molecule has 0 unspecified atom stereocenters. The third kappa shape index (κ3) is 2.76. The van der Waals surface area contributed by atoms with Gasteiger partial charge in [0.15, 0.2) is 5.58 Å². The summed E-state index contributed by atoms with van der Waals surface area (Å²) in [4.78, 5) is 27.9. The van der Waals surface area contributed by atoms with Crippen LogP contribution in [0.15, 0.2) is 57.9 Å². The Bertz CT molecular complexity index is 852.